The summed E-state index contributed by atoms with van der Waals surface area (Å²) >= 11 is 2.95. The minimum absolute atomic E-state index is 0.201. The summed E-state index contributed by atoms with van der Waals surface area (Å²) in [6, 6.07) is 10.8. The van der Waals surface area contributed by atoms with Gasteiger partial charge in [0.2, 0.25) is 11.8 Å². The molecule has 7 nitrogen and oxygen atoms in total. The number of carbonyl (C=O) groups excluding carboxylic acids is 2. The zero-order valence-corrected chi connectivity index (χ0v) is 18.0. The molecule has 1 unspecified atom stereocenters. The van der Waals surface area contributed by atoms with Gasteiger partial charge >= 0.3 is 0 Å². The molecule has 0 saturated carbocycles. The van der Waals surface area contributed by atoms with Crippen molar-refractivity contribution < 1.29 is 9.59 Å². The van der Waals surface area contributed by atoms with Gasteiger partial charge < -0.3 is 10.6 Å². The maximum Gasteiger partial charge on any atom is 0.263 e. The summed E-state index contributed by atoms with van der Waals surface area (Å²) in [4.78, 5) is 45.9. The molecule has 156 valence electrons. The molecule has 5 rings (SSSR count). The lowest BCUT2D eigenvalue weighted by molar-refractivity contribution is -0.141. The van der Waals surface area contributed by atoms with Crippen LogP contribution < -0.4 is 11.3 Å². The molecule has 0 fully saturated rings. The van der Waals surface area contributed by atoms with Gasteiger partial charge in [-0.2, -0.15) is 0 Å². The molecule has 1 aliphatic rings. The van der Waals surface area contributed by atoms with Crippen molar-refractivity contribution in [1.29, 1.82) is 0 Å². The average molecular weight is 451 g/mol. The monoisotopic (exact) mass is 450 g/mol. The van der Waals surface area contributed by atoms with E-state index in [2.05, 4.69) is 4.98 Å². The van der Waals surface area contributed by atoms with Crippen LogP contribution in [0.5, 0.6) is 0 Å². The van der Waals surface area contributed by atoms with Gasteiger partial charge in [-0.15, -0.1) is 22.7 Å². The van der Waals surface area contributed by atoms with Crippen molar-refractivity contribution in [2.24, 2.45) is 5.73 Å². The molecule has 0 spiro atoms. The number of benzene rings is 1. The SMILES string of the molecule is NC(=O)C1Cc2ccccc2CN1C(=O)Cn1cnc2scc(-c3cccs3)c2c1=O. The Hall–Kier alpha value is -3.30. The predicted octanol–water partition coefficient (Wildman–Crippen LogP) is 2.63. The lowest BCUT2D eigenvalue weighted by atomic mass is 9.93. The second-order valence-electron chi connectivity index (χ2n) is 7.40. The number of hydrogen-bond donors (Lipinski definition) is 1. The minimum Gasteiger partial charge on any atom is -0.368 e. The number of nitrogens with two attached hydrogens (primary N) is 1. The van der Waals surface area contributed by atoms with Crippen molar-refractivity contribution in [2.75, 3.05) is 0 Å². The molecule has 0 radical (unpaired) electrons. The number of primary amides is 1. The fraction of sp³-hybridized carbons (Fsp3) is 0.182. The average Bonchev–Trinajstić information content (AvgIpc) is 3.44. The summed E-state index contributed by atoms with van der Waals surface area (Å²) in [5.41, 5.74) is 8.15. The highest BCUT2D eigenvalue weighted by molar-refractivity contribution is 7.18. The van der Waals surface area contributed by atoms with Crippen LogP contribution in [0.15, 0.2) is 58.3 Å². The molecule has 0 aliphatic carbocycles. The van der Waals surface area contributed by atoms with Crippen LogP contribution in [0.4, 0.5) is 0 Å². The van der Waals surface area contributed by atoms with E-state index < -0.39 is 11.9 Å². The molecular formula is C22H18N4O3S2. The summed E-state index contributed by atoms with van der Waals surface area (Å²) in [7, 11) is 0. The second kappa shape index (κ2) is 7.75. The first-order valence-corrected chi connectivity index (χ1v) is 11.4. The third-order valence-electron chi connectivity index (χ3n) is 5.55. The molecule has 1 aromatic carbocycles. The maximum atomic E-state index is 13.2. The van der Waals surface area contributed by atoms with Crippen LogP contribution >= 0.6 is 22.7 Å². The van der Waals surface area contributed by atoms with E-state index >= 15 is 0 Å². The predicted molar refractivity (Wildman–Crippen MR) is 121 cm³/mol. The first kappa shape index (κ1) is 19.7. The van der Waals surface area contributed by atoms with Gasteiger partial charge in [0.1, 0.15) is 17.4 Å². The zero-order valence-electron chi connectivity index (χ0n) is 16.4. The first-order chi connectivity index (χ1) is 15.0. The van der Waals surface area contributed by atoms with Crippen LogP contribution in [0.2, 0.25) is 0 Å². The Bertz CT molecular complexity index is 1360. The molecule has 0 saturated heterocycles. The number of rotatable bonds is 4. The topological polar surface area (TPSA) is 98.3 Å². The van der Waals surface area contributed by atoms with E-state index in [0.717, 1.165) is 21.6 Å². The summed E-state index contributed by atoms with van der Waals surface area (Å²) in [5, 5.41) is 4.38. The Morgan fingerprint density at radius 1 is 1.13 bits per heavy atom. The Morgan fingerprint density at radius 2 is 1.94 bits per heavy atom. The normalized spacial score (nSPS) is 15.7. The molecule has 31 heavy (non-hydrogen) atoms. The quantitative estimate of drug-likeness (QED) is 0.517. The van der Waals surface area contributed by atoms with Crippen molar-refractivity contribution >= 4 is 44.7 Å². The van der Waals surface area contributed by atoms with E-state index in [-0.39, 0.29) is 24.6 Å². The highest BCUT2D eigenvalue weighted by Crippen LogP contribution is 2.33. The van der Waals surface area contributed by atoms with Crippen molar-refractivity contribution in [3.05, 3.63) is 75.0 Å². The Kier molecular flexibility index (Phi) is 4.91. The molecule has 9 heteroatoms. The standard InChI is InChI=1S/C22H18N4O3S2/c23-20(28)16-8-13-4-1-2-5-14(13)9-26(16)18(27)10-25-12-24-21-19(22(25)29)15(11-31-21)17-6-3-7-30-17/h1-7,11-12,16H,8-10H2,(H2,23,28). The van der Waals surface area contributed by atoms with Crippen LogP contribution in [0.3, 0.4) is 0 Å². The van der Waals surface area contributed by atoms with Crippen molar-refractivity contribution in [3.8, 4) is 10.4 Å². The van der Waals surface area contributed by atoms with E-state index in [1.807, 2.05) is 47.2 Å². The molecule has 3 aromatic heterocycles. The van der Waals surface area contributed by atoms with Gasteiger partial charge in [-0.05, 0) is 22.6 Å². The van der Waals surface area contributed by atoms with Crippen LogP contribution in [-0.2, 0) is 29.1 Å². The van der Waals surface area contributed by atoms with Crippen LogP contribution in [0.1, 0.15) is 11.1 Å². The van der Waals surface area contributed by atoms with Gasteiger partial charge in [0.25, 0.3) is 5.56 Å². The number of amides is 2. The van der Waals surface area contributed by atoms with Crippen molar-refractivity contribution in [3.63, 3.8) is 0 Å². The molecule has 1 aliphatic heterocycles. The first-order valence-electron chi connectivity index (χ1n) is 9.69. The van der Waals surface area contributed by atoms with Gasteiger partial charge in [-0.1, -0.05) is 30.3 Å². The second-order valence-corrected chi connectivity index (χ2v) is 9.20. The summed E-state index contributed by atoms with van der Waals surface area (Å²) in [6.45, 7) is 0.0827. The fourth-order valence-electron chi connectivity index (χ4n) is 3.97. The molecule has 2 N–H and O–H groups in total. The lowest BCUT2D eigenvalue weighted by Gasteiger charge is -2.35. The maximum absolute atomic E-state index is 13.2. The highest BCUT2D eigenvalue weighted by atomic mass is 32.1. The number of hydrogen-bond acceptors (Lipinski definition) is 6. The van der Waals surface area contributed by atoms with Gasteiger partial charge in [0.15, 0.2) is 0 Å². The number of carbonyl (C=O) groups is 2. The van der Waals surface area contributed by atoms with E-state index in [4.69, 9.17) is 5.73 Å². The number of aromatic nitrogens is 2. The Labute approximate surface area is 185 Å². The molecule has 1 atom stereocenters. The van der Waals surface area contributed by atoms with Gasteiger partial charge in [-0.3, -0.25) is 19.0 Å². The third kappa shape index (κ3) is 3.45. The van der Waals surface area contributed by atoms with Crippen LogP contribution in [0, 0.1) is 0 Å². The number of thiophene rings is 2. The van der Waals surface area contributed by atoms with Gasteiger partial charge in [0.05, 0.1) is 11.7 Å². The zero-order chi connectivity index (χ0) is 21.5. The molecule has 4 aromatic rings. The van der Waals surface area contributed by atoms with Crippen molar-refractivity contribution in [2.45, 2.75) is 25.6 Å². The van der Waals surface area contributed by atoms with E-state index in [9.17, 15) is 14.4 Å². The van der Waals surface area contributed by atoms with Crippen molar-refractivity contribution in [1.82, 2.24) is 14.5 Å². The number of nitrogens with zero attached hydrogens (tertiary/aromatic N) is 3. The summed E-state index contributed by atoms with van der Waals surface area (Å²) in [5.74, 6) is -0.893. The van der Waals surface area contributed by atoms with Crippen LogP contribution in [-0.4, -0.2) is 32.3 Å². The van der Waals surface area contributed by atoms with E-state index in [1.165, 1.54) is 27.1 Å². The van der Waals surface area contributed by atoms with Gasteiger partial charge in [0, 0.05) is 28.8 Å². The third-order valence-corrected chi connectivity index (χ3v) is 7.34. The lowest BCUT2D eigenvalue weighted by Crippen LogP contribution is -2.52. The Morgan fingerprint density at radius 3 is 2.68 bits per heavy atom. The fourth-order valence-corrected chi connectivity index (χ4v) is 5.69. The minimum atomic E-state index is -0.738. The summed E-state index contributed by atoms with van der Waals surface area (Å²) < 4.78 is 1.31. The van der Waals surface area contributed by atoms with Crippen LogP contribution in [0.25, 0.3) is 20.7 Å². The largest absolute Gasteiger partial charge is 0.368 e. The molecule has 2 amide bonds. The van der Waals surface area contributed by atoms with E-state index in [0.29, 0.717) is 16.6 Å². The molecule has 4 heterocycles. The highest BCUT2D eigenvalue weighted by Gasteiger charge is 2.33. The summed E-state index contributed by atoms with van der Waals surface area (Å²) in [6.07, 6.45) is 1.77. The smallest absolute Gasteiger partial charge is 0.263 e. The number of fused-ring (bicyclic) bond motifs is 2. The van der Waals surface area contributed by atoms with Gasteiger partial charge in [-0.25, -0.2) is 4.98 Å². The molecular weight excluding hydrogens is 432 g/mol. The molecule has 0 bridgehead atoms. The Balaban J connectivity index is 1.49. The van der Waals surface area contributed by atoms with E-state index in [1.54, 1.807) is 11.3 Å².